The summed E-state index contributed by atoms with van der Waals surface area (Å²) in [4.78, 5) is 38.3. The van der Waals surface area contributed by atoms with Gasteiger partial charge in [-0.25, -0.2) is 0 Å². The number of hydrogen-bond acceptors (Lipinski definition) is 6. The summed E-state index contributed by atoms with van der Waals surface area (Å²) < 4.78 is 17.0. The maximum Gasteiger partial charge on any atom is 0.306 e. The monoisotopic (exact) mass is 1100 g/mol. The number of rotatable bonds is 62. The summed E-state index contributed by atoms with van der Waals surface area (Å²) >= 11 is 0. The molecular weight excluding hydrogens is 973 g/mol. The number of allylic oxidation sites excluding steroid dienone is 14. The Kier molecular flexibility index (Phi) is 64.2. The van der Waals surface area contributed by atoms with Crippen LogP contribution in [0.3, 0.4) is 0 Å². The molecule has 0 heterocycles. The molecule has 0 aromatic rings. The number of carbonyl (C=O) groups excluding carboxylic acids is 3. The van der Waals surface area contributed by atoms with Crippen molar-refractivity contribution in [2.75, 3.05) is 13.2 Å². The van der Waals surface area contributed by atoms with Gasteiger partial charge in [-0.3, -0.25) is 14.4 Å². The van der Waals surface area contributed by atoms with Gasteiger partial charge in [0.1, 0.15) is 13.2 Å². The first-order valence-electron chi connectivity index (χ1n) is 34.1. The van der Waals surface area contributed by atoms with Gasteiger partial charge in [0.05, 0.1) is 0 Å². The fourth-order valence-corrected chi connectivity index (χ4v) is 9.80. The molecule has 0 aliphatic rings. The highest BCUT2D eigenvalue weighted by Crippen LogP contribution is 2.17. The lowest BCUT2D eigenvalue weighted by Gasteiger charge is -2.18. The van der Waals surface area contributed by atoms with Crippen molar-refractivity contribution in [3.63, 3.8) is 0 Å². The molecule has 0 aliphatic heterocycles. The van der Waals surface area contributed by atoms with Gasteiger partial charge in [0.25, 0.3) is 0 Å². The highest BCUT2D eigenvalue weighted by atomic mass is 16.6. The molecule has 0 radical (unpaired) electrons. The van der Waals surface area contributed by atoms with Crippen molar-refractivity contribution >= 4 is 17.9 Å². The van der Waals surface area contributed by atoms with Crippen LogP contribution in [-0.4, -0.2) is 37.2 Å². The Bertz CT molecular complexity index is 1500. The lowest BCUT2D eigenvalue weighted by molar-refractivity contribution is -0.167. The summed E-state index contributed by atoms with van der Waals surface area (Å²) in [6.07, 6.45) is 88.8. The molecule has 0 bridgehead atoms. The first-order chi connectivity index (χ1) is 39.0. The quantitative estimate of drug-likeness (QED) is 0.0261. The Morgan fingerprint density at radius 2 is 0.494 bits per heavy atom. The van der Waals surface area contributed by atoms with Gasteiger partial charge in [-0.2, -0.15) is 0 Å². The Hall–Kier alpha value is -3.41. The second-order valence-electron chi connectivity index (χ2n) is 22.7. The molecule has 0 fully saturated rings. The fraction of sp³-hybridized carbons (Fsp3) is 0.767. The minimum atomic E-state index is -0.778. The normalized spacial score (nSPS) is 12.6. The van der Waals surface area contributed by atoms with Gasteiger partial charge < -0.3 is 14.2 Å². The molecule has 6 nitrogen and oxygen atoms in total. The van der Waals surface area contributed by atoms with E-state index < -0.39 is 6.10 Å². The van der Waals surface area contributed by atoms with E-state index >= 15 is 0 Å². The van der Waals surface area contributed by atoms with Crippen molar-refractivity contribution in [2.24, 2.45) is 0 Å². The van der Waals surface area contributed by atoms with E-state index in [4.69, 9.17) is 14.2 Å². The van der Waals surface area contributed by atoms with Crippen LogP contribution in [0.5, 0.6) is 0 Å². The molecule has 0 rings (SSSR count). The number of esters is 3. The second kappa shape index (κ2) is 67.1. The SMILES string of the molecule is CC/C=C\C/C=C\C/C=C\C/C=C\C/C=C\C/C=C\CCCCCCCCCCCCCCC(=O)OCC(COC(=O)CCCCCCCCCCCCCCC)OC(=O)CCCCCCCCC/C=C\CCCCCCCC. The van der Waals surface area contributed by atoms with E-state index in [0.717, 1.165) is 96.3 Å². The van der Waals surface area contributed by atoms with Crippen LogP contribution < -0.4 is 0 Å². The smallest absolute Gasteiger partial charge is 0.306 e. The molecule has 0 spiro atoms. The van der Waals surface area contributed by atoms with Crippen LogP contribution in [0.4, 0.5) is 0 Å². The third kappa shape index (κ3) is 65.3. The Balaban J connectivity index is 4.23. The van der Waals surface area contributed by atoms with Gasteiger partial charge in [0.15, 0.2) is 6.10 Å². The summed E-state index contributed by atoms with van der Waals surface area (Å²) in [5.74, 6) is -0.863. The zero-order valence-electron chi connectivity index (χ0n) is 52.4. The molecular formula is C73H128O6. The van der Waals surface area contributed by atoms with Gasteiger partial charge in [-0.15, -0.1) is 0 Å². The minimum absolute atomic E-state index is 0.0738. The van der Waals surface area contributed by atoms with E-state index in [2.05, 4.69) is 106 Å². The van der Waals surface area contributed by atoms with E-state index in [9.17, 15) is 14.4 Å². The molecule has 79 heavy (non-hydrogen) atoms. The number of ether oxygens (including phenoxy) is 3. The molecule has 0 N–H and O–H groups in total. The summed E-state index contributed by atoms with van der Waals surface area (Å²) in [6.45, 7) is 6.56. The summed E-state index contributed by atoms with van der Waals surface area (Å²) in [5.41, 5.74) is 0. The van der Waals surface area contributed by atoms with Crippen LogP contribution in [0.15, 0.2) is 85.1 Å². The summed E-state index contributed by atoms with van der Waals surface area (Å²) in [6, 6.07) is 0. The average Bonchev–Trinajstić information content (AvgIpc) is 3.45. The lowest BCUT2D eigenvalue weighted by Crippen LogP contribution is -2.30. The molecule has 0 aromatic carbocycles. The van der Waals surface area contributed by atoms with Gasteiger partial charge in [0, 0.05) is 19.3 Å². The molecule has 0 amide bonds. The van der Waals surface area contributed by atoms with Crippen molar-refractivity contribution in [3.05, 3.63) is 85.1 Å². The van der Waals surface area contributed by atoms with Crippen LogP contribution in [0, 0.1) is 0 Å². The van der Waals surface area contributed by atoms with E-state index in [1.54, 1.807) is 0 Å². The van der Waals surface area contributed by atoms with Gasteiger partial charge in [0.2, 0.25) is 0 Å². The first-order valence-corrected chi connectivity index (χ1v) is 34.1. The number of hydrogen-bond donors (Lipinski definition) is 0. The predicted octanol–water partition coefficient (Wildman–Crippen LogP) is 23.4. The molecule has 456 valence electrons. The molecule has 1 unspecified atom stereocenters. The zero-order chi connectivity index (χ0) is 57.1. The van der Waals surface area contributed by atoms with Crippen molar-refractivity contribution in [2.45, 2.75) is 348 Å². The molecule has 0 aromatic heterocycles. The maximum atomic E-state index is 12.9. The molecule has 6 heteroatoms. The number of unbranched alkanes of at least 4 members (excludes halogenated alkanes) is 37. The zero-order valence-corrected chi connectivity index (χ0v) is 52.4. The number of carbonyl (C=O) groups is 3. The van der Waals surface area contributed by atoms with Crippen molar-refractivity contribution in [1.29, 1.82) is 0 Å². The summed E-state index contributed by atoms with van der Waals surface area (Å²) in [7, 11) is 0. The molecule has 0 saturated carbocycles. The third-order valence-corrected chi connectivity index (χ3v) is 14.9. The van der Waals surface area contributed by atoms with Crippen molar-refractivity contribution in [1.82, 2.24) is 0 Å². The minimum Gasteiger partial charge on any atom is -0.462 e. The Morgan fingerprint density at radius 1 is 0.266 bits per heavy atom. The molecule has 1 atom stereocenters. The van der Waals surface area contributed by atoms with Gasteiger partial charge in [-0.05, 0) is 96.3 Å². The largest absolute Gasteiger partial charge is 0.462 e. The third-order valence-electron chi connectivity index (χ3n) is 14.9. The van der Waals surface area contributed by atoms with Crippen molar-refractivity contribution < 1.29 is 28.6 Å². The Morgan fingerprint density at radius 3 is 0.785 bits per heavy atom. The van der Waals surface area contributed by atoms with Gasteiger partial charge in [-0.1, -0.05) is 311 Å². The first kappa shape index (κ1) is 75.6. The second-order valence-corrected chi connectivity index (χ2v) is 22.7. The highest BCUT2D eigenvalue weighted by Gasteiger charge is 2.19. The highest BCUT2D eigenvalue weighted by molar-refractivity contribution is 5.71. The van der Waals surface area contributed by atoms with Crippen LogP contribution in [-0.2, 0) is 28.6 Å². The standard InChI is InChI=1S/C73H128O6/c1-4-7-10-13-16-19-22-25-27-29-30-31-32-33-34-35-36-37-38-39-40-41-42-44-45-48-51-54-57-60-63-66-72(75)78-69-70(68-77-71(74)65-62-59-56-53-50-47-24-21-18-15-12-9-6-3)79-73(76)67-64-61-58-55-52-49-46-43-28-26-23-20-17-14-11-8-5-2/h7,10,16,19,25-28,30-31,33-34,36-37,70H,4-6,8-9,11-15,17-18,20-24,29,32,35,38-69H2,1-3H3/b10-7-,19-16-,27-25-,28-26-,31-30-,34-33-,37-36-. The molecule has 0 saturated heterocycles. The van der Waals surface area contributed by atoms with E-state index in [-0.39, 0.29) is 31.1 Å². The molecule has 0 aliphatic carbocycles. The lowest BCUT2D eigenvalue weighted by atomic mass is 10.0. The van der Waals surface area contributed by atoms with E-state index in [0.29, 0.717) is 19.3 Å². The fourth-order valence-electron chi connectivity index (χ4n) is 9.80. The van der Waals surface area contributed by atoms with E-state index in [1.165, 1.54) is 205 Å². The van der Waals surface area contributed by atoms with E-state index in [1.807, 2.05) is 0 Å². The topological polar surface area (TPSA) is 78.9 Å². The van der Waals surface area contributed by atoms with Crippen LogP contribution >= 0.6 is 0 Å². The van der Waals surface area contributed by atoms with Crippen LogP contribution in [0.2, 0.25) is 0 Å². The van der Waals surface area contributed by atoms with Crippen LogP contribution in [0.25, 0.3) is 0 Å². The van der Waals surface area contributed by atoms with Crippen molar-refractivity contribution in [3.8, 4) is 0 Å². The summed E-state index contributed by atoms with van der Waals surface area (Å²) in [5, 5.41) is 0. The maximum absolute atomic E-state index is 12.9. The Labute approximate surface area is 490 Å². The predicted molar refractivity (Wildman–Crippen MR) is 344 cm³/mol. The van der Waals surface area contributed by atoms with Gasteiger partial charge >= 0.3 is 17.9 Å². The average molecular weight is 1100 g/mol. The van der Waals surface area contributed by atoms with Crippen LogP contribution in [0.1, 0.15) is 342 Å².